The minimum absolute atomic E-state index is 0.183. The van der Waals surface area contributed by atoms with Gasteiger partial charge in [-0.05, 0) is 44.4 Å². The number of nitrogens with two attached hydrogens (primary N) is 1. The Morgan fingerprint density at radius 2 is 1.84 bits per heavy atom. The van der Waals surface area contributed by atoms with Crippen LogP contribution in [-0.4, -0.2) is 50.1 Å². The number of benzene rings is 1. The van der Waals surface area contributed by atoms with Crippen molar-refractivity contribution >= 4 is 27.5 Å². The minimum atomic E-state index is -3.30. The van der Waals surface area contributed by atoms with Crippen molar-refractivity contribution in [2.24, 2.45) is 5.73 Å². The van der Waals surface area contributed by atoms with E-state index in [-0.39, 0.29) is 12.1 Å². The van der Waals surface area contributed by atoms with E-state index in [0.717, 1.165) is 12.8 Å². The number of fused-ring (bicyclic) bond motifs is 1. The summed E-state index contributed by atoms with van der Waals surface area (Å²) in [5, 5.41) is 0. The second-order valence-corrected chi connectivity index (χ2v) is 9.80. The van der Waals surface area contributed by atoms with Crippen molar-refractivity contribution in [3.8, 4) is 0 Å². The van der Waals surface area contributed by atoms with E-state index in [2.05, 4.69) is 0 Å². The van der Waals surface area contributed by atoms with Gasteiger partial charge in [0.2, 0.25) is 5.91 Å². The summed E-state index contributed by atoms with van der Waals surface area (Å²) in [6, 6.07) is 5.63. The molecule has 0 radical (unpaired) electrons. The predicted octanol–water partition coefficient (Wildman–Crippen LogP) is 1.22. The first-order valence-electron chi connectivity index (χ1n) is 8.25. The second kappa shape index (κ2) is 5.72. The Labute approximate surface area is 147 Å². The molecule has 1 aromatic carbocycles. The smallest absolute Gasteiger partial charge is 0.325 e. The van der Waals surface area contributed by atoms with Crippen molar-refractivity contribution in [2.45, 2.75) is 43.5 Å². The van der Waals surface area contributed by atoms with Crippen LogP contribution in [0.4, 0.5) is 10.5 Å². The van der Waals surface area contributed by atoms with Crippen molar-refractivity contribution in [1.82, 2.24) is 4.90 Å². The Balaban J connectivity index is 1.97. The number of urea groups is 1. The average molecular weight is 365 g/mol. The monoisotopic (exact) mass is 365 g/mol. The van der Waals surface area contributed by atoms with E-state index >= 15 is 0 Å². The Hall–Kier alpha value is -2.09. The Morgan fingerprint density at radius 1 is 1.24 bits per heavy atom. The number of amides is 3. The number of hydrogen-bond acceptors (Lipinski definition) is 4. The predicted molar refractivity (Wildman–Crippen MR) is 94.9 cm³/mol. The van der Waals surface area contributed by atoms with Crippen molar-refractivity contribution < 1.29 is 18.0 Å². The summed E-state index contributed by atoms with van der Waals surface area (Å²) in [4.78, 5) is 27.8. The molecule has 2 saturated heterocycles. The summed E-state index contributed by atoms with van der Waals surface area (Å²) in [5.74, 6) is -0.525. The third kappa shape index (κ3) is 2.68. The molecule has 2 fully saturated rings. The molecule has 3 amide bonds. The van der Waals surface area contributed by atoms with Crippen LogP contribution in [-0.2, 0) is 19.4 Å². The van der Waals surface area contributed by atoms with Gasteiger partial charge in [0.05, 0.1) is 10.8 Å². The Kier molecular flexibility index (Phi) is 4.06. The molecule has 1 aromatic rings. The molecule has 2 aliphatic heterocycles. The van der Waals surface area contributed by atoms with Crippen molar-refractivity contribution in [3.05, 3.63) is 29.8 Å². The second-order valence-electron chi connectivity index (χ2n) is 7.23. The van der Waals surface area contributed by atoms with Crippen molar-refractivity contribution in [1.29, 1.82) is 0 Å². The highest BCUT2D eigenvalue weighted by Crippen LogP contribution is 2.36. The van der Waals surface area contributed by atoms with Gasteiger partial charge in [0.15, 0.2) is 9.84 Å². The van der Waals surface area contributed by atoms with Crippen LogP contribution in [0.5, 0.6) is 0 Å². The highest BCUT2D eigenvalue weighted by molar-refractivity contribution is 7.91. The molecule has 2 N–H and O–H groups in total. The van der Waals surface area contributed by atoms with Gasteiger partial charge in [-0.2, -0.15) is 0 Å². The van der Waals surface area contributed by atoms with Crippen LogP contribution >= 0.6 is 0 Å². The third-order valence-electron chi connectivity index (χ3n) is 5.45. The van der Waals surface area contributed by atoms with Gasteiger partial charge in [-0.1, -0.05) is 12.1 Å². The molecule has 0 aliphatic carbocycles. The minimum Gasteiger partial charge on any atom is -0.368 e. The van der Waals surface area contributed by atoms with Gasteiger partial charge < -0.3 is 10.6 Å². The van der Waals surface area contributed by atoms with Crippen LogP contribution in [0.15, 0.2) is 24.3 Å². The maximum absolute atomic E-state index is 12.7. The van der Waals surface area contributed by atoms with Gasteiger partial charge in [-0.15, -0.1) is 0 Å². The molecule has 2 atom stereocenters. The fraction of sp³-hybridized carbons (Fsp3) is 0.529. The van der Waals surface area contributed by atoms with Crippen molar-refractivity contribution in [3.63, 3.8) is 0 Å². The van der Waals surface area contributed by atoms with E-state index in [1.54, 1.807) is 43.0 Å². The number of sulfone groups is 1. The molecule has 0 aromatic heterocycles. The van der Waals surface area contributed by atoms with Gasteiger partial charge in [0.1, 0.15) is 6.04 Å². The van der Waals surface area contributed by atoms with E-state index in [0.29, 0.717) is 17.8 Å². The van der Waals surface area contributed by atoms with Crippen molar-refractivity contribution in [2.75, 3.05) is 17.7 Å². The van der Waals surface area contributed by atoms with E-state index in [1.807, 2.05) is 0 Å². The highest BCUT2D eigenvalue weighted by Gasteiger charge is 2.51. The molecule has 2 heterocycles. The highest BCUT2D eigenvalue weighted by atomic mass is 32.2. The van der Waals surface area contributed by atoms with E-state index in [9.17, 15) is 18.0 Å². The molecule has 2 aliphatic rings. The summed E-state index contributed by atoms with van der Waals surface area (Å²) in [6.45, 7) is 3.91. The molecule has 1 unspecified atom stereocenters. The molecule has 0 spiro atoms. The summed E-state index contributed by atoms with van der Waals surface area (Å²) in [5.41, 5.74) is 6.74. The van der Waals surface area contributed by atoms with Gasteiger partial charge in [0.25, 0.3) is 0 Å². The lowest BCUT2D eigenvalue weighted by atomic mass is 10.0. The lowest BCUT2D eigenvalue weighted by Gasteiger charge is -2.26. The zero-order valence-electron chi connectivity index (χ0n) is 14.6. The Morgan fingerprint density at radius 3 is 2.36 bits per heavy atom. The summed E-state index contributed by atoms with van der Waals surface area (Å²) in [7, 11) is -3.30. The summed E-state index contributed by atoms with van der Waals surface area (Å²) in [6.07, 6.45) is 2.83. The summed E-state index contributed by atoms with van der Waals surface area (Å²) >= 11 is 0. The standard InChI is InChI=1S/C17H23N3O4S/c1-17(2,25(3,23)24)11-6-8-12(9-7-11)20-14(15(18)21)13-5-4-10-19(13)16(20)22/h6-9,13-14H,4-5,10H2,1-3H3,(H2,18,21)/t13-,14?/m1/s1. The fourth-order valence-electron chi connectivity index (χ4n) is 3.61. The number of hydrogen-bond donors (Lipinski definition) is 1. The first-order chi connectivity index (χ1) is 11.6. The molecule has 0 bridgehead atoms. The maximum Gasteiger partial charge on any atom is 0.325 e. The number of anilines is 1. The average Bonchev–Trinajstić information content (AvgIpc) is 3.08. The topological polar surface area (TPSA) is 101 Å². The quantitative estimate of drug-likeness (QED) is 0.867. The third-order valence-corrected chi connectivity index (χ3v) is 7.54. The number of nitrogens with zero attached hydrogens (tertiary/aromatic N) is 2. The zero-order chi connectivity index (χ0) is 18.6. The van der Waals surface area contributed by atoms with Crippen LogP contribution in [0.25, 0.3) is 0 Å². The largest absolute Gasteiger partial charge is 0.368 e. The summed E-state index contributed by atoms with van der Waals surface area (Å²) < 4.78 is 22.9. The van der Waals surface area contributed by atoms with E-state index < -0.39 is 26.5 Å². The SMILES string of the molecule is CC(C)(c1ccc(N2C(=O)N3CCC[C@@H]3C2C(N)=O)cc1)S(C)(=O)=O. The molecular weight excluding hydrogens is 342 g/mol. The zero-order valence-corrected chi connectivity index (χ0v) is 15.4. The molecule has 25 heavy (non-hydrogen) atoms. The van der Waals surface area contributed by atoms with Crippen LogP contribution in [0.2, 0.25) is 0 Å². The van der Waals surface area contributed by atoms with Gasteiger partial charge in [0, 0.05) is 18.5 Å². The van der Waals surface area contributed by atoms with Crippen LogP contribution in [0, 0.1) is 0 Å². The number of carbonyl (C=O) groups excluding carboxylic acids is 2. The molecule has 7 nitrogen and oxygen atoms in total. The first-order valence-corrected chi connectivity index (χ1v) is 10.1. The van der Waals surface area contributed by atoms with Gasteiger partial charge >= 0.3 is 6.03 Å². The molecular formula is C17H23N3O4S. The first kappa shape index (κ1) is 17.7. The van der Waals surface area contributed by atoms with E-state index in [1.165, 1.54) is 11.2 Å². The van der Waals surface area contributed by atoms with Gasteiger partial charge in [-0.25, -0.2) is 13.2 Å². The van der Waals surface area contributed by atoms with E-state index in [4.69, 9.17) is 5.73 Å². The number of primary amides is 1. The van der Waals surface area contributed by atoms with Crippen LogP contribution in [0.3, 0.4) is 0 Å². The number of carbonyl (C=O) groups is 2. The molecule has 136 valence electrons. The maximum atomic E-state index is 12.7. The fourth-order valence-corrected chi connectivity index (χ4v) is 4.18. The lowest BCUT2D eigenvalue weighted by Crippen LogP contribution is -2.46. The van der Waals surface area contributed by atoms with Crippen LogP contribution < -0.4 is 10.6 Å². The molecule has 0 saturated carbocycles. The molecule has 8 heteroatoms. The van der Waals surface area contributed by atoms with Crippen LogP contribution in [0.1, 0.15) is 32.3 Å². The molecule has 3 rings (SSSR count). The normalized spacial score (nSPS) is 23.9. The van der Waals surface area contributed by atoms with Gasteiger partial charge in [-0.3, -0.25) is 9.69 Å². The Bertz CT molecular complexity index is 817. The number of rotatable bonds is 4. The lowest BCUT2D eigenvalue weighted by molar-refractivity contribution is -0.119.